The number of carbonyl (C=O) groups is 1. The van der Waals surface area contributed by atoms with Crippen molar-refractivity contribution in [3.05, 3.63) is 35.2 Å². The molecule has 0 aliphatic rings. The van der Waals surface area contributed by atoms with E-state index in [-0.39, 0.29) is 18.3 Å². The first-order chi connectivity index (χ1) is 11.1. The first-order valence-electron chi connectivity index (χ1n) is 7.23. The quantitative estimate of drug-likeness (QED) is 0.677. The lowest BCUT2D eigenvalue weighted by molar-refractivity contribution is -0.127. The highest BCUT2D eigenvalue weighted by molar-refractivity contribution is 7.99. The molecule has 0 spiro atoms. The Morgan fingerprint density at radius 1 is 1.26 bits per heavy atom. The summed E-state index contributed by atoms with van der Waals surface area (Å²) in [5.41, 5.74) is 0. The number of aromatic nitrogens is 2. The van der Waals surface area contributed by atoms with Crippen molar-refractivity contribution in [1.29, 1.82) is 0 Å². The van der Waals surface area contributed by atoms with Gasteiger partial charge in [-0.15, -0.1) is 10.2 Å². The molecular formula is C15H18ClN3O3S. The molecule has 0 aliphatic carbocycles. The van der Waals surface area contributed by atoms with Gasteiger partial charge in [-0.2, -0.15) is 0 Å². The monoisotopic (exact) mass is 355 g/mol. The van der Waals surface area contributed by atoms with E-state index in [1.165, 1.54) is 11.8 Å². The number of nitrogens with zero attached hydrogens (tertiary/aromatic N) is 3. The standard InChI is InChI=1S/C15H18ClN3O3S/c1-3-19(4-2)14(20)10-23-15-18-17-13(22-15)9-21-12-7-5-11(16)6-8-12/h5-8H,3-4,9-10H2,1-2H3. The van der Waals surface area contributed by atoms with Gasteiger partial charge in [0.2, 0.25) is 5.91 Å². The van der Waals surface area contributed by atoms with E-state index in [1.54, 1.807) is 29.2 Å². The minimum absolute atomic E-state index is 0.0529. The fourth-order valence-corrected chi connectivity index (χ4v) is 2.63. The lowest BCUT2D eigenvalue weighted by Crippen LogP contribution is -2.31. The van der Waals surface area contributed by atoms with Gasteiger partial charge >= 0.3 is 0 Å². The molecule has 23 heavy (non-hydrogen) atoms. The molecule has 1 aromatic heterocycles. The largest absolute Gasteiger partial charge is 0.484 e. The molecule has 0 N–H and O–H groups in total. The fourth-order valence-electron chi connectivity index (χ4n) is 1.82. The Balaban J connectivity index is 1.81. The van der Waals surface area contributed by atoms with Crippen LogP contribution in [0.15, 0.2) is 33.9 Å². The highest BCUT2D eigenvalue weighted by Crippen LogP contribution is 2.19. The number of carbonyl (C=O) groups excluding carboxylic acids is 1. The van der Waals surface area contributed by atoms with Crippen LogP contribution in [0.25, 0.3) is 0 Å². The molecule has 0 aliphatic heterocycles. The zero-order valence-electron chi connectivity index (χ0n) is 13.0. The molecule has 0 saturated heterocycles. The maximum absolute atomic E-state index is 11.9. The summed E-state index contributed by atoms with van der Waals surface area (Å²) >= 11 is 7.03. The van der Waals surface area contributed by atoms with Crippen LogP contribution in [0.3, 0.4) is 0 Å². The Bertz CT molecular complexity index is 629. The summed E-state index contributed by atoms with van der Waals surface area (Å²) in [5.74, 6) is 1.36. The second-order valence-electron chi connectivity index (χ2n) is 4.56. The van der Waals surface area contributed by atoms with Crippen LogP contribution in [-0.2, 0) is 11.4 Å². The van der Waals surface area contributed by atoms with Gasteiger partial charge in [-0.25, -0.2) is 0 Å². The predicted molar refractivity (Wildman–Crippen MR) is 88.7 cm³/mol. The van der Waals surface area contributed by atoms with Gasteiger partial charge in [-0.05, 0) is 38.1 Å². The first-order valence-corrected chi connectivity index (χ1v) is 8.60. The second kappa shape index (κ2) is 8.79. The van der Waals surface area contributed by atoms with E-state index in [2.05, 4.69) is 10.2 Å². The van der Waals surface area contributed by atoms with Crippen LogP contribution in [0.5, 0.6) is 5.75 Å². The molecule has 0 radical (unpaired) electrons. The number of rotatable bonds is 8. The molecule has 0 saturated carbocycles. The van der Waals surface area contributed by atoms with Crippen molar-refractivity contribution in [3.8, 4) is 5.75 Å². The lowest BCUT2D eigenvalue weighted by atomic mass is 10.3. The molecular weight excluding hydrogens is 338 g/mol. The van der Waals surface area contributed by atoms with Crippen molar-refractivity contribution < 1.29 is 13.9 Å². The Hall–Kier alpha value is -1.73. The van der Waals surface area contributed by atoms with E-state index < -0.39 is 0 Å². The van der Waals surface area contributed by atoms with Crippen LogP contribution < -0.4 is 4.74 Å². The number of hydrogen-bond acceptors (Lipinski definition) is 6. The summed E-state index contributed by atoms with van der Waals surface area (Å²) in [6.07, 6.45) is 0. The maximum atomic E-state index is 11.9. The van der Waals surface area contributed by atoms with Gasteiger partial charge in [-0.1, -0.05) is 23.4 Å². The van der Waals surface area contributed by atoms with E-state index in [0.717, 1.165) is 0 Å². The SMILES string of the molecule is CCN(CC)C(=O)CSc1nnc(COc2ccc(Cl)cc2)o1. The molecule has 0 unspecified atom stereocenters. The zero-order chi connectivity index (χ0) is 16.7. The van der Waals surface area contributed by atoms with E-state index in [9.17, 15) is 4.79 Å². The number of benzene rings is 1. The summed E-state index contributed by atoms with van der Waals surface area (Å²) in [6.45, 7) is 5.45. The van der Waals surface area contributed by atoms with Crippen molar-refractivity contribution in [2.75, 3.05) is 18.8 Å². The number of ether oxygens (including phenoxy) is 1. The Morgan fingerprint density at radius 2 is 1.96 bits per heavy atom. The predicted octanol–water partition coefficient (Wildman–Crippen LogP) is 3.26. The fraction of sp³-hybridized carbons (Fsp3) is 0.400. The van der Waals surface area contributed by atoms with Crippen LogP contribution in [0, 0.1) is 0 Å². The molecule has 1 amide bonds. The van der Waals surface area contributed by atoms with Crippen molar-refractivity contribution >= 4 is 29.3 Å². The molecule has 0 bridgehead atoms. The van der Waals surface area contributed by atoms with Gasteiger partial charge in [0.05, 0.1) is 5.75 Å². The third-order valence-corrected chi connectivity index (χ3v) is 4.11. The summed E-state index contributed by atoms with van der Waals surface area (Å²) in [4.78, 5) is 13.7. The minimum atomic E-state index is 0.0529. The van der Waals surface area contributed by atoms with Crippen molar-refractivity contribution in [3.63, 3.8) is 0 Å². The average molecular weight is 356 g/mol. The summed E-state index contributed by atoms with van der Waals surface area (Å²) in [5, 5.41) is 8.80. The number of amides is 1. The molecule has 0 atom stereocenters. The minimum Gasteiger partial charge on any atom is -0.484 e. The molecule has 0 fully saturated rings. The average Bonchev–Trinajstić information content (AvgIpc) is 3.01. The van der Waals surface area contributed by atoms with E-state index in [0.29, 0.717) is 35.0 Å². The molecule has 124 valence electrons. The number of hydrogen-bond donors (Lipinski definition) is 0. The molecule has 2 rings (SSSR count). The van der Waals surface area contributed by atoms with Gasteiger partial charge in [-0.3, -0.25) is 4.79 Å². The summed E-state index contributed by atoms with van der Waals surface area (Å²) in [6, 6.07) is 7.00. The molecule has 1 aromatic carbocycles. The molecule has 1 heterocycles. The third kappa shape index (κ3) is 5.44. The van der Waals surface area contributed by atoms with E-state index in [1.807, 2.05) is 13.8 Å². The van der Waals surface area contributed by atoms with E-state index in [4.69, 9.17) is 20.8 Å². The number of thioether (sulfide) groups is 1. The van der Waals surface area contributed by atoms with Crippen LogP contribution in [0.2, 0.25) is 5.02 Å². The normalized spacial score (nSPS) is 10.6. The van der Waals surface area contributed by atoms with Crippen molar-refractivity contribution in [2.24, 2.45) is 0 Å². The van der Waals surface area contributed by atoms with Crippen LogP contribution in [-0.4, -0.2) is 39.8 Å². The van der Waals surface area contributed by atoms with Crippen LogP contribution >= 0.6 is 23.4 Å². The highest BCUT2D eigenvalue weighted by atomic mass is 35.5. The van der Waals surface area contributed by atoms with Gasteiger partial charge in [0.1, 0.15) is 5.75 Å². The number of halogens is 1. The van der Waals surface area contributed by atoms with E-state index >= 15 is 0 Å². The smallest absolute Gasteiger partial charge is 0.277 e. The van der Waals surface area contributed by atoms with Gasteiger partial charge in [0.15, 0.2) is 6.61 Å². The highest BCUT2D eigenvalue weighted by Gasteiger charge is 2.13. The molecule has 6 nitrogen and oxygen atoms in total. The van der Waals surface area contributed by atoms with Crippen molar-refractivity contribution in [2.45, 2.75) is 25.7 Å². The topological polar surface area (TPSA) is 68.5 Å². The van der Waals surface area contributed by atoms with Crippen LogP contribution in [0.4, 0.5) is 0 Å². The summed E-state index contributed by atoms with van der Waals surface area (Å²) < 4.78 is 11.0. The Kier molecular flexibility index (Phi) is 6.73. The Labute approximate surface area is 144 Å². The summed E-state index contributed by atoms with van der Waals surface area (Å²) in [7, 11) is 0. The third-order valence-electron chi connectivity index (χ3n) is 3.06. The second-order valence-corrected chi connectivity index (χ2v) is 5.92. The van der Waals surface area contributed by atoms with Crippen molar-refractivity contribution in [1.82, 2.24) is 15.1 Å². The lowest BCUT2D eigenvalue weighted by Gasteiger charge is -2.17. The molecule has 2 aromatic rings. The van der Waals surface area contributed by atoms with Gasteiger partial charge in [0, 0.05) is 18.1 Å². The van der Waals surface area contributed by atoms with Crippen LogP contribution in [0.1, 0.15) is 19.7 Å². The zero-order valence-corrected chi connectivity index (χ0v) is 14.6. The maximum Gasteiger partial charge on any atom is 0.277 e. The Morgan fingerprint density at radius 3 is 2.61 bits per heavy atom. The van der Waals surface area contributed by atoms with Gasteiger partial charge in [0.25, 0.3) is 11.1 Å². The van der Waals surface area contributed by atoms with Gasteiger partial charge < -0.3 is 14.1 Å². The first kappa shape index (κ1) is 17.6. The molecule has 8 heteroatoms.